The smallest absolute Gasteiger partial charge is 0.407 e. The molecule has 1 aromatic rings. The number of carbonyl (C=O) groups is 1. The van der Waals surface area contributed by atoms with Gasteiger partial charge in [0.2, 0.25) is 0 Å². The fourth-order valence-corrected chi connectivity index (χ4v) is 2.14. The number of hydrogen-bond acceptors (Lipinski definition) is 6. The second kappa shape index (κ2) is 8.03. The van der Waals surface area contributed by atoms with Crippen LogP contribution in [0.15, 0.2) is 17.3 Å². The van der Waals surface area contributed by atoms with E-state index in [-0.39, 0.29) is 30.2 Å². The van der Waals surface area contributed by atoms with Gasteiger partial charge < -0.3 is 24.5 Å². The van der Waals surface area contributed by atoms with Gasteiger partial charge in [-0.3, -0.25) is 0 Å². The Labute approximate surface area is 150 Å². The summed E-state index contributed by atoms with van der Waals surface area (Å²) in [6, 6.07) is 3.11. The number of carbonyl (C=O) groups excluding carboxylic acids is 1. The van der Waals surface area contributed by atoms with Crippen LogP contribution >= 0.6 is 11.6 Å². The molecule has 134 valence electrons. The summed E-state index contributed by atoms with van der Waals surface area (Å²) in [5, 5.41) is 6.68. The first-order valence-corrected chi connectivity index (χ1v) is 8.00. The molecule has 9 heteroatoms. The lowest BCUT2D eigenvalue weighted by Gasteiger charge is -2.19. The van der Waals surface area contributed by atoms with Gasteiger partial charge in [-0.1, -0.05) is 11.7 Å². The molecule has 1 unspecified atom stereocenters. The first-order valence-electron chi connectivity index (χ1n) is 7.62. The SMILES string of the molecule is [C-]#[N+]c1ccc(OCC2CC(CNC(=O)OC(C)(C)C)=NO2)c(Cl)n1. The fourth-order valence-electron chi connectivity index (χ4n) is 1.93. The maximum atomic E-state index is 11.6. The van der Waals surface area contributed by atoms with E-state index in [1.807, 2.05) is 0 Å². The highest BCUT2D eigenvalue weighted by Gasteiger charge is 2.24. The Kier molecular flexibility index (Phi) is 6.04. The highest BCUT2D eigenvalue weighted by Crippen LogP contribution is 2.26. The van der Waals surface area contributed by atoms with Gasteiger partial charge in [0.1, 0.15) is 12.2 Å². The molecule has 0 fully saturated rings. The van der Waals surface area contributed by atoms with Crippen molar-refractivity contribution in [2.45, 2.75) is 38.9 Å². The third kappa shape index (κ3) is 6.12. The molecule has 0 saturated carbocycles. The molecule has 1 atom stereocenters. The molecule has 25 heavy (non-hydrogen) atoms. The second-order valence-electron chi connectivity index (χ2n) is 6.33. The van der Waals surface area contributed by atoms with Gasteiger partial charge in [0.15, 0.2) is 11.9 Å². The van der Waals surface area contributed by atoms with Crippen LogP contribution in [-0.4, -0.2) is 41.6 Å². The van der Waals surface area contributed by atoms with Crippen molar-refractivity contribution >= 4 is 29.2 Å². The van der Waals surface area contributed by atoms with Gasteiger partial charge in [-0.05, 0) is 44.5 Å². The van der Waals surface area contributed by atoms with Gasteiger partial charge in [0.05, 0.1) is 12.3 Å². The molecule has 0 aromatic carbocycles. The number of aromatic nitrogens is 1. The van der Waals surface area contributed by atoms with E-state index < -0.39 is 11.7 Å². The van der Waals surface area contributed by atoms with Crippen LogP contribution in [-0.2, 0) is 9.57 Å². The zero-order valence-corrected chi connectivity index (χ0v) is 15.0. The molecule has 1 aromatic heterocycles. The average molecular weight is 367 g/mol. The number of alkyl carbamates (subject to hydrolysis) is 1. The third-order valence-electron chi connectivity index (χ3n) is 2.97. The Bertz CT molecular complexity index is 709. The van der Waals surface area contributed by atoms with E-state index in [0.717, 1.165) is 0 Å². The number of nitrogens with zero attached hydrogens (tertiary/aromatic N) is 3. The van der Waals surface area contributed by atoms with Crippen LogP contribution in [0.2, 0.25) is 5.15 Å². The molecule has 2 rings (SSSR count). The van der Waals surface area contributed by atoms with E-state index in [9.17, 15) is 4.79 Å². The van der Waals surface area contributed by atoms with Gasteiger partial charge in [0, 0.05) is 6.42 Å². The van der Waals surface area contributed by atoms with Crippen LogP contribution in [0.3, 0.4) is 0 Å². The summed E-state index contributed by atoms with van der Waals surface area (Å²) in [7, 11) is 0. The largest absolute Gasteiger partial charge is 0.484 e. The Hall–Kier alpha value is -2.53. The van der Waals surface area contributed by atoms with Crippen LogP contribution < -0.4 is 10.1 Å². The van der Waals surface area contributed by atoms with Crippen molar-refractivity contribution in [1.29, 1.82) is 0 Å². The molecular formula is C16H19ClN4O4. The fraction of sp³-hybridized carbons (Fsp3) is 0.500. The Morgan fingerprint density at radius 2 is 2.28 bits per heavy atom. The van der Waals surface area contributed by atoms with E-state index in [2.05, 4.69) is 20.3 Å². The lowest BCUT2D eigenvalue weighted by molar-refractivity contribution is 0.0470. The highest BCUT2D eigenvalue weighted by atomic mass is 35.5. The number of pyridine rings is 1. The summed E-state index contributed by atoms with van der Waals surface area (Å²) >= 11 is 5.95. The molecule has 1 N–H and O–H groups in total. The minimum atomic E-state index is -0.551. The van der Waals surface area contributed by atoms with Crippen molar-refractivity contribution in [2.24, 2.45) is 5.16 Å². The molecule has 1 aliphatic rings. The summed E-state index contributed by atoms with van der Waals surface area (Å²) in [4.78, 5) is 23.9. The first kappa shape index (κ1) is 18.8. The maximum Gasteiger partial charge on any atom is 0.407 e. The van der Waals surface area contributed by atoms with Crippen molar-refractivity contribution in [3.8, 4) is 5.75 Å². The monoisotopic (exact) mass is 366 g/mol. The number of rotatable bonds is 5. The zero-order valence-electron chi connectivity index (χ0n) is 14.2. The molecule has 0 bridgehead atoms. The minimum absolute atomic E-state index is 0.124. The molecule has 0 saturated heterocycles. The van der Waals surface area contributed by atoms with Crippen molar-refractivity contribution < 1.29 is 19.1 Å². The van der Waals surface area contributed by atoms with Gasteiger partial charge in [-0.15, -0.1) is 4.98 Å². The molecular weight excluding hydrogens is 348 g/mol. The molecule has 1 aliphatic heterocycles. The van der Waals surface area contributed by atoms with E-state index in [1.54, 1.807) is 26.8 Å². The maximum absolute atomic E-state index is 11.6. The van der Waals surface area contributed by atoms with Crippen LogP contribution in [0.5, 0.6) is 5.75 Å². The van der Waals surface area contributed by atoms with E-state index in [4.69, 9.17) is 32.5 Å². The van der Waals surface area contributed by atoms with Crippen molar-refractivity contribution in [1.82, 2.24) is 10.3 Å². The van der Waals surface area contributed by atoms with Gasteiger partial charge in [-0.2, -0.15) is 0 Å². The third-order valence-corrected chi connectivity index (χ3v) is 3.24. The molecule has 0 aliphatic carbocycles. The van der Waals surface area contributed by atoms with Crippen molar-refractivity contribution in [2.75, 3.05) is 13.2 Å². The first-order chi connectivity index (χ1) is 11.8. The summed E-state index contributed by atoms with van der Waals surface area (Å²) in [6.07, 6.45) is -0.277. The predicted molar refractivity (Wildman–Crippen MR) is 92.2 cm³/mol. The van der Waals surface area contributed by atoms with Gasteiger partial charge in [-0.25, -0.2) is 4.79 Å². The summed E-state index contributed by atoms with van der Waals surface area (Å²) in [5.74, 6) is 0.575. The van der Waals surface area contributed by atoms with Crippen LogP contribution in [0.25, 0.3) is 4.85 Å². The Morgan fingerprint density at radius 1 is 1.52 bits per heavy atom. The standard InChI is InChI=1S/C16H19ClN4O4/c1-16(2,3)24-15(22)19-8-10-7-11(25-21-10)9-23-12-5-6-13(18-4)20-14(12)17/h5-6,11H,7-9H2,1-3H3,(H,19,22). The average Bonchev–Trinajstić information content (AvgIpc) is 2.98. The normalized spacial score (nSPS) is 16.4. The summed E-state index contributed by atoms with van der Waals surface area (Å²) in [5.41, 5.74) is 0.136. The van der Waals surface area contributed by atoms with Gasteiger partial charge in [0.25, 0.3) is 11.0 Å². The molecule has 2 heterocycles. The highest BCUT2D eigenvalue weighted by molar-refractivity contribution is 6.30. The van der Waals surface area contributed by atoms with Gasteiger partial charge >= 0.3 is 6.09 Å². The van der Waals surface area contributed by atoms with Crippen LogP contribution in [0.4, 0.5) is 10.6 Å². The summed E-state index contributed by atoms with van der Waals surface area (Å²) < 4.78 is 10.7. The second-order valence-corrected chi connectivity index (χ2v) is 6.68. The number of amides is 1. The topological polar surface area (TPSA) is 86.4 Å². The van der Waals surface area contributed by atoms with Crippen LogP contribution in [0.1, 0.15) is 27.2 Å². The molecule has 8 nitrogen and oxygen atoms in total. The number of nitrogens with one attached hydrogen (secondary N) is 1. The number of ether oxygens (including phenoxy) is 2. The number of oxime groups is 1. The lowest BCUT2D eigenvalue weighted by Crippen LogP contribution is -2.35. The van der Waals surface area contributed by atoms with Crippen molar-refractivity contribution in [3.63, 3.8) is 0 Å². The van der Waals surface area contributed by atoms with E-state index in [0.29, 0.717) is 17.9 Å². The van der Waals surface area contributed by atoms with E-state index >= 15 is 0 Å². The van der Waals surface area contributed by atoms with Crippen molar-refractivity contribution in [3.05, 3.63) is 28.7 Å². The quantitative estimate of drug-likeness (QED) is 0.638. The van der Waals surface area contributed by atoms with Crippen LogP contribution in [0, 0.1) is 6.57 Å². The Morgan fingerprint density at radius 3 is 2.92 bits per heavy atom. The number of hydrogen-bond donors (Lipinski definition) is 1. The summed E-state index contributed by atoms with van der Waals surface area (Å²) in [6.45, 7) is 12.7. The molecule has 0 radical (unpaired) electrons. The van der Waals surface area contributed by atoms with E-state index in [1.165, 1.54) is 6.07 Å². The molecule has 1 amide bonds. The zero-order chi connectivity index (χ0) is 18.4. The predicted octanol–water partition coefficient (Wildman–Crippen LogP) is 3.33. The Balaban J connectivity index is 1.74. The molecule has 0 spiro atoms. The minimum Gasteiger partial charge on any atom is -0.484 e. The number of halogens is 1. The lowest BCUT2D eigenvalue weighted by atomic mass is 10.2.